The van der Waals surface area contributed by atoms with Crippen LogP contribution in [-0.4, -0.2) is 71.3 Å². The Balaban J connectivity index is 1.28. The van der Waals surface area contributed by atoms with E-state index in [2.05, 4.69) is 42.7 Å². The molecule has 0 bridgehead atoms. The summed E-state index contributed by atoms with van der Waals surface area (Å²) >= 11 is 3.20. The van der Waals surface area contributed by atoms with Gasteiger partial charge in [0.2, 0.25) is 5.95 Å². The highest BCUT2D eigenvalue weighted by Gasteiger charge is 2.25. The van der Waals surface area contributed by atoms with Crippen LogP contribution in [-0.2, 0) is 0 Å². The van der Waals surface area contributed by atoms with E-state index in [0.717, 1.165) is 46.4 Å². The lowest BCUT2D eigenvalue weighted by Gasteiger charge is -2.36. The second kappa shape index (κ2) is 9.80. The van der Waals surface area contributed by atoms with Gasteiger partial charge in [-0.1, -0.05) is 18.3 Å². The third kappa shape index (κ3) is 5.63. The van der Waals surface area contributed by atoms with Crippen LogP contribution in [0.15, 0.2) is 35.5 Å². The smallest absolute Gasteiger partial charge is 0.251 e. The molecule has 2 aromatic heterocycles. The number of thiazole rings is 1. The van der Waals surface area contributed by atoms with E-state index in [1.807, 2.05) is 43.9 Å². The predicted octanol–water partition coefficient (Wildman–Crippen LogP) is 3.01. The van der Waals surface area contributed by atoms with Gasteiger partial charge >= 0.3 is 0 Å². The fourth-order valence-electron chi connectivity index (χ4n) is 3.31. The summed E-state index contributed by atoms with van der Waals surface area (Å²) in [5.41, 5.74) is 1.59. The third-order valence-corrected chi connectivity index (χ3v) is 6.78. The molecule has 1 fully saturated rings. The number of carbonyl (C=O) groups is 1. The van der Waals surface area contributed by atoms with Crippen molar-refractivity contribution in [1.29, 1.82) is 0 Å². The summed E-state index contributed by atoms with van der Waals surface area (Å²) in [6.45, 7) is 5.51. The molecule has 10 heteroatoms. The summed E-state index contributed by atoms with van der Waals surface area (Å²) in [7, 11) is 2.05. The zero-order valence-electron chi connectivity index (χ0n) is 17.9. The monoisotopic (exact) mass is 457 g/mol. The molecule has 1 aliphatic rings. The molecule has 164 valence electrons. The molecular weight excluding hydrogens is 430 g/mol. The molecule has 4 rings (SSSR count). The molecule has 8 nitrogen and oxygen atoms in total. The molecule has 3 N–H and O–H groups in total. The number of likely N-dealkylation sites (N-methyl/N-ethyl adjacent to an activating group) is 1. The number of thioether (sulfide) groups is 1. The van der Waals surface area contributed by atoms with Crippen molar-refractivity contribution in [2.24, 2.45) is 5.92 Å². The Morgan fingerprint density at radius 2 is 2.00 bits per heavy atom. The average Bonchev–Trinajstić information content (AvgIpc) is 3.17. The first-order chi connectivity index (χ1) is 15.0. The Morgan fingerprint density at radius 1 is 1.26 bits per heavy atom. The van der Waals surface area contributed by atoms with Crippen molar-refractivity contribution in [2.45, 2.75) is 17.9 Å². The average molecular weight is 458 g/mol. The number of anilines is 2. The fraction of sp³-hybridized carbons (Fsp3) is 0.429. The van der Waals surface area contributed by atoms with Gasteiger partial charge < -0.3 is 20.9 Å². The first-order valence-electron chi connectivity index (χ1n) is 10.2. The number of carbonyl (C=O) groups excluding carboxylic acids is 1. The number of rotatable bonds is 9. The summed E-state index contributed by atoms with van der Waals surface area (Å²) in [6.07, 6.45) is 5.65. The van der Waals surface area contributed by atoms with Crippen LogP contribution in [0, 0.1) is 5.92 Å². The van der Waals surface area contributed by atoms with Crippen molar-refractivity contribution in [3.63, 3.8) is 0 Å². The predicted molar refractivity (Wildman–Crippen MR) is 128 cm³/mol. The maximum atomic E-state index is 12.5. The number of aromatic nitrogens is 3. The van der Waals surface area contributed by atoms with Gasteiger partial charge in [-0.3, -0.25) is 4.79 Å². The number of nitrogens with one attached hydrogen (secondary N) is 3. The van der Waals surface area contributed by atoms with Crippen LogP contribution >= 0.6 is 23.1 Å². The normalized spacial score (nSPS) is 15.5. The molecule has 1 atom stereocenters. The van der Waals surface area contributed by atoms with Crippen molar-refractivity contribution in [3.8, 4) is 0 Å². The highest BCUT2D eigenvalue weighted by Crippen LogP contribution is 2.27. The molecule has 3 heterocycles. The SMILES string of the molecule is CSc1cnc(NC[C@H](C)CNc2nc3ccc(C(=O)NC4CN(C)C4)cc3s2)nc1. The van der Waals surface area contributed by atoms with Gasteiger partial charge in [0.25, 0.3) is 5.91 Å². The Hall–Kier alpha value is -2.43. The first kappa shape index (κ1) is 21.8. The molecule has 1 saturated heterocycles. The fourth-order valence-corrected chi connectivity index (χ4v) is 4.54. The summed E-state index contributed by atoms with van der Waals surface area (Å²) in [4.78, 5) is 29.0. The topological polar surface area (TPSA) is 95.1 Å². The summed E-state index contributed by atoms with van der Waals surface area (Å²) < 4.78 is 1.01. The maximum absolute atomic E-state index is 12.5. The van der Waals surface area contributed by atoms with E-state index in [-0.39, 0.29) is 11.9 Å². The highest BCUT2D eigenvalue weighted by atomic mass is 32.2. The van der Waals surface area contributed by atoms with Gasteiger partial charge in [0.05, 0.1) is 16.3 Å². The Labute approximate surface area is 190 Å². The largest absolute Gasteiger partial charge is 0.361 e. The quantitative estimate of drug-likeness (QED) is 0.422. The van der Waals surface area contributed by atoms with Crippen LogP contribution in [0.3, 0.4) is 0 Å². The number of benzene rings is 1. The van der Waals surface area contributed by atoms with Crippen LogP contribution in [0.25, 0.3) is 10.2 Å². The van der Waals surface area contributed by atoms with Crippen molar-refractivity contribution >= 4 is 50.3 Å². The standard InChI is InChI=1S/C21H27N7OS2/c1-13(7-22-20-23-9-16(30-3)10-24-20)8-25-21-27-17-5-4-14(6-18(17)31-21)19(29)26-15-11-28(2)12-15/h4-6,9-10,13,15H,7-8,11-12H2,1-3H3,(H,25,27)(H,26,29)(H,22,23,24)/t13-/m0/s1. The molecule has 0 saturated carbocycles. The van der Waals surface area contributed by atoms with E-state index >= 15 is 0 Å². The molecule has 31 heavy (non-hydrogen) atoms. The van der Waals surface area contributed by atoms with Gasteiger partial charge in [-0.05, 0) is 37.4 Å². The number of fused-ring (bicyclic) bond motifs is 1. The molecule has 1 amide bonds. The first-order valence-corrected chi connectivity index (χ1v) is 12.3. The zero-order valence-corrected chi connectivity index (χ0v) is 19.5. The third-order valence-electron chi connectivity index (χ3n) is 5.12. The summed E-state index contributed by atoms with van der Waals surface area (Å²) in [5.74, 6) is 0.983. The minimum absolute atomic E-state index is 0.0182. The van der Waals surface area contributed by atoms with Crippen LogP contribution in [0.2, 0.25) is 0 Å². The Morgan fingerprint density at radius 3 is 2.71 bits per heavy atom. The van der Waals surface area contributed by atoms with Crippen molar-refractivity contribution in [2.75, 3.05) is 50.1 Å². The molecule has 1 aromatic carbocycles. The molecule has 0 radical (unpaired) electrons. The Kier molecular flexibility index (Phi) is 6.89. The van der Waals surface area contributed by atoms with Gasteiger partial charge in [0.15, 0.2) is 5.13 Å². The minimum Gasteiger partial charge on any atom is -0.361 e. The minimum atomic E-state index is -0.0182. The zero-order chi connectivity index (χ0) is 21.8. The van der Waals surface area contributed by atoms with Crippen LogP contribution < -0.4 is 16.0 Å². The van der Waals surface area contributed by atoms with Gasteiger partial charge in [0.1, 0.15) is 0 Å². The number of nitrogens with zero attached hydrogens (tertiary/aromatic N) is 4. The second-order valence-corrected chi connectivity index (χ2v) is 9.82. The molecule has 0 aliphatic carbocycles. The second-order valence-electron chi connectivity index (χ2n) is 7.91. The van der Waals surface area contributed by atoms with E-state index in [1.165, 1.54) is 0 Å². The Bertz CT molecular complexity index is 1030. The van der Waals surface area contributed by atoms with Gasteiger partial charge in [-0.15, -0.1) is 11.8 Å². The molecular formula is C21H27N7OS2. The van der Waals surface area contributed by atoms with E-state index in [9.17, 15) is 4.79 Å². The number of amides is 1. The lowest BCUT2D eigenvalue weighted by Crippen LogP contribution is -2.57. The summed E-state index contributed by atoms with van der Waals surface area (Å²) in [6, 6.07) is 5.93. The van der Waals surface area contributed by atoms with Gasteiger partial charge in [0, 0.05) is 49.0 Å². The molecule has 1 aliphatic heterocycles. The molecule has 0 spiro atoms. The van der Waals surface area contributed by atoms with Crippen molar-refractivity contribution < 1.29 is 4.79 Å². The lowest BCUT2D eigenvalue weighted by molar-refractivity contribution is 0.0858. The van der Waals surface area contributed by atoms with Crippen LogP contribution in [0.5, 0.6) is 0 Å². The van der Waals surface area contributed by atoms with Crippen LogP contribution in [0.4, 0.5) is 11.1 Å². The van der Waals surface area contributed by atoms with Gasteiger partial charge in [-0.2, -0.15) is 0 Å². The van der Waals surface area contributed by atoms with Gasteiger partial charge in [-0.25, -0.2) is 15.0 Å². The number of hydrogen-bond donors (Lipinski definition) is 3. The molecule has 0 unspecified atom stereocenters. The van der Waals surface area contributed by atoms with E-state index in [0.29, 0.717) is 17.4 Å². The van der Waals surface area contributed by atoms with E-state index in [1.54, 1.807) is 23.1 Å². The molecule has 3 aromatic rings. The summed E-state index contributed by atoms with van der Waals surface area (Å²) in [5, 5.41) is 10.6. The van der Waals surface area contributed by atoms with E-state index in [4.69, 9.17) is 0 Å². The van der Waals surface area contributed by atoms with E-state index < -0.39 is 0 Å². The highest BCUT2D eigenvalue weighted by molar-refractivity contribution is 7.98. The van der Waals surface area contributed by atoms with Crippen molar-refractivity contribution in [1.82, 2.24) is 25.2 Å². The number of likely N-dealkylation sites (tertiary alicyclic amines) is 1. The lowest BCUT2D eigenvalue weighted by atomic mass is 10.1. The van der Waals surface area contributed by atoms with Crippen molar-refractivity contribution in [3.05, 3.63) is 36.2 Å². The maximum Gasteiger partial charge on any atom is 0.251 e. The number of hydrogen-bond acceptors (Lipinski definition) is 9. The van der Waals surface area contributed by atoms with Crippen LogP contribution in [0.1, 0.15) is 17.3 Å².